The molecule has 3 rings (SSSR count). The summed E-state index contributed by atoms with van der Waals surface area (Å²) >= 11 is 0. The number of nitrogens with two attached hydrogens (primary N) is 1. The summed E-state index contributed by atoms with van der Waals surface area (Å²) in [7, 11) is 0. The van der Waals surface area contributed by atoms with Gasteiger partial charge in [0.25, 0.3) is 0 Å². The number of guanidine groups is 1. The molecule has 0 amide bonds. The number of hydrogen-bond acceptors (Lipinski definition) is 1. The van der Waals surface area contributed by atoms with Crippen molar-refractivity contribution >= 4 is 34.8 Å². The van der Waals surface area contributed by atoms with E-state index in [0.29, 0.717) is 11.9 Å². The molecule has 0 fully saturated rings. The van der Waals surface area contributed by atoms with E-state index in [-0.39, 0.29) is 13.8 Å². The SMILES string of the molecule is CCCCN=C(N)N1CC(C)c2c1ccc1ccccc21.Cl.[HH]. The van der Waals surface area contributed by atoms with Gasteiger partial charge in [0.15, 0.2) is 5.96 Å². The zero-order valence-corrected chi connectivity index (χ0v) is 14.1. The number of nitrogens with zero attached hydrogens (tertiary/aromatic N) is 2. The Morgan fingerprint density at radius 1 is 1.32 bits per heavy atom. The van der Waals surface area contributed by atoms with Gasteiger partial charge in [0.05, 0.1) is 0 Å². The van der Waals surface area contributed by atoms with Crippen LogP contribution >= 0.6 is 12.4 Å². The van der Waals surface area contributed by atoms with E-state index in [1.54, 1.807) is 0 Å². The van der Waals surface area contributed by atoms with Crippen LogP contribution in [0.15, 0.2) is 41.4 Å². The predicted molar refractivity (Wildman–Crippen MR) is 100 cm³/mol. The zero-order valence-electron chi connectivity index (χ0n) is 13.2. The van der Waals surface area contributed by atoms with Crippen molar-refractivity contribution in [3.05, 3.63) is 42.0 Å². The molecular weight excluding hydrogens is 294 g/mol. The van der Waals surface area contributed by atoms with Crippen LogP contribution < -0.4 is 10.6 Å². The number of aliphatic imine (C=N–C) groups is 1. The first-order valence-electron chi connectivity index (χ1n) is 7.81. The Morgan fingerprint density at radius 3 is 2.86 bits per heavy atom. The lowest BCUT2D eigenvalue weighted by molar-refractivity contribution is 0.794. The lowest BCUT2D eigenvalue weighted by atomic mass is 9.96. The van der Waals surface area contributed by atoms with Gasteiger partial charge in [-0.2, -0.15) is 0 Å². The first-order chi connectivity index (χ1) is 10.2. The van der Waals surface area contributed by atoms with Crippen molar-refractivity contribution in [1.82, 2.24) is 0 Å². The van der Waals surface area contributed by atoms with Crippen molar-refractivity contribution in [3.63, 3.8) is 0 Å². The summed E-state index contributed by atoms with van der Waals surface area (Å²) in [6, 6.07) is 12.9. The van der Waals surface area contributed by atoms with Gasteiger partial charge < -0.3 is 10.6 Å². The molecule has 1 atom stereocenters. The van der Waals surface area contributed by atoms with Crippen molar-refractivity contribution in [3.8, 4) is 0 Å². The third-order valence-electron chi connectivity index (χ3n) is 4.25. The van der Waals surface area contributed by atoms with Crippen LogP contribution in [0.25, 0.3) is 10.8 Å². The minimum atomic E-state index is 0. The van der Waals surface area contributed by atoms with Gasteiger partial charge in [0.2, 0.25) is 0 Å². The standard InChI is InChI=1S/C18H23N3.ClH.H2/c1-3-4-11-20-18(19)21-12-13(2)17-15-8-6-5-7-14(15)9-10-16(17)21;;/h5-10,13H,3-4,11-12H2,1-2H3,(H2,19,20);2*1H. The van der Waals surface area contributed by atoms with Crippen LogP contribution in [0.3, 0.4) is 0 Å². The lowest BCUT2D eigenvalue weighted by Gasteiger charge is -2.18. The summed E-state index contributed by atoms with van der Waals surface area (Å²) in [6.45, 7) is 6.18. The van der Waals surface area contributed by atoms with Crippen molar-refractivity contribution in [1.29, 1.82) is 0 Å². The van der Waals surface area contributed by atoms with E-state index in [4.69, 9.17) is 5.73 Å². The summed E-state index contributed by atoms with van der Waals surface area (Å²) in [5, 5.41) is 2.64. The van der Waals surface area contributed by atoms with Crippen LogP contribution in [-0.4, -0.2) is 19.0 Å². The Hall–Kier alpha value is -1.74. The van der Waals surface area contributed by atoms with E-state index in [0.717, 1.165) is 25.9 Å². The highest BCUT2D eigenvalue weighted by molar-refractivity contribution is 6.02. The topological polar surface area (TPSA) is 41.6 Å². The van der Waals surface area contributed by atoms with Gasteiger partial charge in [-0.3, -0.25) is 4.99 Å². The molecule has 0 saturated carbocycles. The first kappa shape index (κ1) is 16.6. The Kier molecular flexibility index (Phi) is 5.30. The second-order valence-corrected chi connectivity index (χ2v) is 5.82. The average molecular weight is 320 g/mol. The molecule has 3 nitrogen and oxygen atoms in total. The molecule has 0 aliphatic carbocycles. The van der Waals surface area contributed by atoms with Crippen LogP contribution in [0.1, 0.15) is 39.6 Å². The van der Waals surface area contributed by atoms with Crippen LogP contribution in [0.5, 0.6) is 0 Å². The fourth-order valence-electron chi connectivity index (χ4n) is 3.15. The van der Waals surface area contributed by atoms with E-state index in [1.807, 2.05) is 0 Å². The van der Waals surface area contributed by atoms with Gasteiger partial charge >= 0.3 is 0 Å². The number of halogens is 1. The number of fused-ring (bicyclic) bond motifs is 3. The average Bonchev–Trinajstić information content (AvgIpc) is 2.85. The summed E-state index contributed by atoms with van der Waals surface area (Å²) < 4.78 is 0. The van der Waals surface area contributed by atoms with Gasteiger partial charge in [0, 0.05) is 26.1 Å². The fraction of sp³-hybridized carbons (Fsp3) is 0.389. The second kappa shape index (κ2) is 7.01. The highest BCUT2D eigenvalue weighted by Gasteiger charge is 2.29. The minimum absolute atomic E-state index is 0. The molecule has 22 heavy (non-hydrogen) atoms. The Labute approximate surface area is 140 Å². The second-order valence-electron chi connectivity index (χ2n) is 5.82. The minimum Gasteiger partial charge on any atom is -0.370 e. The number of rotatable bonds is 3. The Balaban J connectivity index is 0.00000132. The summed E-state index contributed by atoms with van der Waals surface area (Å²) in [5.74, 6) is 1.13. The molecule has 2 N–H and O–H groups in total. The normalized spacial score (nSPS) is 17.5. The molecule has 4 heteroatoms. The molecule has 1 aliphatic heterocycles. The van der Waals surface area contributed by atoms with Crippen LogP contribution in [0.4, 0.5) is 5.69 Å². The van der Waals surface area contributed by atoms with Crippen LogP contribution in [0, 0.1) is 0 Å². The van der Waals surface area contributed by atoms with E-state index in [9.17, 15) is 0 Å². The third kappa shape index (κ3) is 2.91. The number of anilines is 1. The van der Waals surface area contributed by atoms with Crippen molar-refractivity contribution in [2.45, 2.75) is 32.6 Å². The molecule has 2 aromatic carbocycles. The number of benzene rings is 2. The molecule has 0 radical (unpaired) electrons. The van der Waals surface area contributed by atoms with Gasteiger partial charge in [0.1, 0.15) is 0 Å². The smallest absolute Gasteiger partial charge is 0.195 e. The molecule has 0 spiro atoms. The van der Waals surface area contributed by atoms with Gasteiger partial charge in [-0.05, 0) is 28.8 Å². The molecule has 0 saturated heterocycles. The van der Waals surface area contributed by atoms with Gasteiger partial charge in [-0.1, -0.05) is 50.6 Å². The van der Waals surface area contributed by atoms with E-state index < -0.39 is 0 Å². The van der Waals surface area contributed by atoms with Crippen molar-refractivity contribution < 1.29 is 1.43 Å². The molecule has 2 aromatic rings. The van der Waals surface area contributed by atoms with Gasteiger partial charge in [-0.25, -0.2) is 0 Å². The zero-order chi connectivity index (χ0) is 14.8. The molecular formula is C18H26ClN3. The summed E-state index contributed by atoms with van der Waals surface area (Å²) in [6.07, 6.45) is 2.24. The maximum Gasteiger partial charge on any atom is 0.195 e. The molecule has 1 unspecified atom stereocenters. The molecule has 0 bridgehead atoms. The van der Waals surface area contributed by atoms with E-state index in [1.165, 1.54) is 22.0 Å². The highest BCUT2D eigenvalue weighted by Crippen LogP contribution is 2.40. The third-order valence-corrected chi connectivity index (χ3v) is 4.25. The maximum absolute atomic E-state index is 6.22. The molecule has 0 aromatic heterocycles. The Bertz CT molecular complexity index is 687. The summed E-state index contributed by atoms with van der Waals surface area (Å²) in [5.41, 5.74) is 8.84. The molecule has 1 heterocycles. The number of hydrogen-bond donors (Lipinski definition) is 1. The van der Waals surface area contributed by atoms with E-state index in [2.05, 4.69) is 60.1 Å². The predicted octanol–water partition coefficient (Wildman–Crippen LogP) is 4.55. The van der Waals surface area contributed by atoms with E-state index >= 15 is 0 Å². The van der Waals surface area contributed by atoms with Crippen molar-refractivity contribution in [2.24, 2.45) is 10.7 Å². The van der Waals surface area contributed by atoms with Gasteiger partial charge in [-0.15, -0.1) is 12.4 Å². The van der Waals surface area contributed by atoms with Crippen LogP contribution in [0.2, 0.25) is 0 Å². The number of unbranched alkanes of at least 4 members (excludes halogenated alkanes) is 1. The van der Waals surface area contributed by atoms with Crippen molar-refractivity contribution in [2.75, 3.05) is 18.0 Å². The molecule has 120 valence electrons. The lowest BCUT2D eigenvalue weighted by Crippen LogP contribution is -2.36. The summed E-state index contributed by atoms with van der Waals surface area (Å²) in [4.78, 5) is 6.70. The first-order valence-corrected chi connectivity index (χ1v) is 7.81. The molecule has 1 aliphatic rings. The highest BCUT2D eigenvalue weighted by atomic mass is 35.5. The largest absolute Gasteiger partial charge is 0.370 e. The monoisotopic (exact) mass is 319 g/mol. The Morgan fingerprint density at radius 2 is 2.09 bits per heavy atom. The van der Waals surface area contributed by atoms with Crippen LogP contribution in [-0.2, 0) is 0 Å². The fourth-order valence-corrected chi connectivity index (χ4v) is 3.15. The quantitative estimate of drug-likeness (QED) is 0.512. The maximum atomic E-state index is 6.22.